The molecule has 8 heteroatoms. The molecule has 3 atom stereocenters. The molecule has 0 aromatic heterocycles. The molecule has 7 nitrogen and oxygen atoms in total. The molecule has 4 aromatic rings. The average Bonchev–Trinajstić information content (AvgIpc) is 3.08. The van der Waals surface area contributed by atoms with E-state index in [2.05, 4.69) is 6.58 Å². The lowest BCUT2D eigenvalue weighted by molar-refractivity contribution is -0.157. The fraction of sp³-hybridized carbons (Fsp3) is 0.189. The third-order valence-corrected chi connectivity index (χ3v) is 12.4. The number of esters is 1. The van der Waals surface area contributed by atoms with E-state index >= 15 is 0 Å². The Balaban J connectivity index is 1.84. The zero-order valence-corrected chi connectivity index (χ0v) is 26.1. The smallest absolute Gasteiger partial charge is 0.356 e. The van der Waals surface area contributed by atoms with Crippen molar-refractivity contribution in [3.63, 3.8) is 0 Å². The average molecular weight is 621 g/mol. The van der Waals surface area contributed by atoms with Crippen molar-refractivity contribution in [3.05, 3.63) is 139 Å². The van der Waals surface area contributed by atoms with Crippen molar-refractivity contribution in [2.45, 2.75) is 32.0 Å². The standard InChI is InChI=1S/C37H37N2O5P/c1-3-22-44-37(43)36(39-32(34(26(2)40)35(39)42)24-33(41)28-15-13-14-27(23-28)25-38)45(29-16-7-4-8-17-29,30-18-9-5-10-19-30)31-20-11-6-12-21-31/h3-21,23,26,32,34,40H,1,22,24-25,38H2,2H3/t26-,32-,34-/m1/s1. The van der Waals surface area contributed by atoms with Gasteiger partial charge in [0, 0.05) is 25.4 Å². The number of Topliss-reactive ketones (excluding diaryl/α,β-unsaturated/α-hetero) is 1. The summed E-state index contributed by atoms with van der Waals surface area (Å²) >= 11 is 0. The summed E-state index contributed by atoms with van der Waals surface area (Å²) in [5, 5.41) is 13.3. The molecule has 1 saturated heterocycles. The second kappa shape index (κ2) is 14.0. The predicted octanol–water partition coefficient (Wildman–Crippen LogP) is 3.78. The van der Waals surface area contributed by atoms with Crippen molar-refractivity contribution in [1.82, 2.24) is 4.90 Å². The monoisotopic (exact) mass is 620 g/mol. The predicted molar refractivity (Wildman–Crippen MR) is 180 cm³/mol. The Hall–Kier alpha value is -4.55. The number of benzene rings is 4. The number of rotatable bonds is 12. The van der Waals surface area contributed by atoms with E-state index in [-0.39, 0.29) is 30.8 Å². The van der Waals surface area contributed by atoms with E-state index < -0.39 is 36.8 Å². The number of likely N-dealkylation sites (tertiary alicyclic amines) is 1. The van der Waals surface area contributed by atoms with Gasteiger partial charge in [0.05, 0.1) is 18.1 Å². The Labute approximate surface area is 263 Å². The molecule has 0 aliphatic carbocycles. The lowest BCUT2D eigenvalue weighted by Gasteiger charge is -2.50. The number of aliphatic hydroxyl groups excluding tert-OH is 1. The lowest BCUT2D eigenvalue weighted by atomic mass is 9.79. The van der Waals surface area contributed by atoms with Crippen LogP contribution in [0.4, 0.5) is 0 Å². The van der Waals surface area contributed by atoms with Gasteiger partial charge in [-0.1, -0.05) is 122 Å². The first-order chi connectivity index (χ1) is 21.8. The number of carbonyl (C=O) groups is 3. The van der Waals surface area contributed by atoms with Crippen LogP contribution in [0.25, 0.3) is 0 Å². The van der Waals surface area contributed by atoms with E-state index in [9.17, 15) is 19.5 Å². The molecule has 5 rings (SSSR count). The Bertz CT molecular complexity index is 1640. The molecule has 1 heterocycles. The Morgan fingerprint density at radius 2 is 1.44 bits per heavy atom. The summed E-state index contributed by atoms with van der Waals surface area (Å²) in [6.45, 7) is 2.32. The number of nitrogens with zero attached hydrogens (tertiary/aromatic N) is 1. The van der Waals surface area contributed by atoms with Crippen LogP contribution in [0.5, 0.6) is 0 Å². The van der Waals surface area contributed by atoms with Gasteiger partial charge < -0.3 is 20.5 Å². The van der Waals surface area contributed by atoms with Crippen LogP contribution in [-0.2, 0) is 20.9 Å². The molecule has 0 unspecified atom stereocenters. The van der Waals surface area contributed by atoms with Crippen LogP contribution in [-0.4, -0.2) is 51.8 Å². The molecule has 0 saturated carbocycles. The molecule has 3 N–H and O–H groups in total. The second-order valence-corrected chi connectivity index (χ2v) is 14.3. The Kier molecular flexibility index (Phi) is 9.94. The van der Waals surface area contributed by atoms with Gasteiger partial charge in [-0.15, -0.1) is 0 Å². The van der Waals surface area contributed by atoms with Crippen molar-refractivity contribution in [1.29, 1.82) is 0 Å². The van der Waals surface area contributed by atoms with Crippen molar-refractivity contribution < 1.29 is 24.2 Å². The maximum atomic E-state index is 14.5. The lowest BCUT2D eigenvalue weighted by Crippen LogP contribution is -2.68. The van der Waals surface area contributed by atoms with Gasteiger partial charge in [0.2, 0.25) is 5.91 Å². The van der Waals surface area contributed by atoms with Gasteiger partial charge in [0.25, 0.3) is 0 Å². The number of carbonyl (C=O) groups excluding carboxylic acids is 3. The fourth-order valence-corrected chi connectivity index (χ4v) is 10.5. The van der Waals surface area contributed by atoms with Crippen molar-refractivity contribution in [2.75, 3.05) is 6.61 Å². The van der Waals surface area contributed by atoms with E-state index in [0.29, 0.717) is 5.56 Å². The minimum atomic E-state index is -3.14. The van der Waals surface area contributed by atoms with Gasteiger partial charge in [0.15, 0.2) is 5.78 Å². The van der Waals surface area contributed by atoms with E-state index in [4.69, 9.17) is 10.5 Å². The molecule has 4 aromatic carbocycles. The van der Waals surface area contributed by atoms with E-state index in [1.807, 2.05) is 97.1 Å². The largest absolute Gasteiger partial charge is 0.457 e. The van der Waals surface area contributed by atoms with Gasteiger partial charge in [-0.25, -0.2) is 4.79 Å². The molecule has 0 bridgehead atoms. The topological polar surface area (TPSA) is 110 Å². The zero-order chi connectivity index (χ0) is 32.0. The molecular weight excluding hydrogens is 583 g/mol. The van der Waals surface area contributed by atoms with E-state index in [0.717, 1.165) is 21.5 Å². The molecule has 230 valence electrons. The third kappa shape index (κ3) is 6.07. The first-order valence-electron chi connectivity index (χ1n) is 14.9. The number of aliphatic hydroxyl groups is 1. The fourth-order valence-electron chi connectivity index (χ4n) is 6.12. The number of hydrogen-bond donors (Lipinski definition) is 2. The highest BCUT2D eigenvalue weighted by atomic mass is 31.2. The van der Waals surface area contributed by atoms with Crippen LogP contribution < -0.4 is 21.6 Å². The van der Waals surface area contributed by atoms with Crippen LogP contribution in [0.3, 0.4) is 0 Å². The summed E-state index contributed by atoms with van der Waals surface area (Å²) in [6.07, 6.45) is 0.321. The first-order valence-corrected chi connectivity index (χ1v) is 16.7. The number of hydrogen-bond acceptors (Lipinski definition) is 6. The van der Waals surface area contributed by atoms with E-state index in [1.165, 1.54) is 17.9 Å². The number of ether oxygens (including phenoxy) is 1. The summed E-state index contributed by atoms with van der Waals surface area (Å²) in [5.41, 5.74) is 7.24. The number of nitrogens with two attached hydrogens (primary N) is 1. The molecule has 1 fully saturated rings. The number of amides is 1. The Morgan fingerprint density at radius 3 is 1.91 bits per heavy atom. The van der Waals surface area contributed by atoms with Crippen LogP contribution in [0.15, 0.2) is 128 Å². The van der Waals surface area contributed by atoms with Gasteiger partial charge in [0.1, 0.15) is 12.0 Å². The van der Waals surface area contributed by atoms with Crippen LogP contribution in [0.2, 0.25) is 0 Å². The molecule has 0 radical (unpaired) electrons. The molecule has 1 aliphatic heterocycles. The number of β-lactam (4-membered cyclic amide) rings is 1. The SMILES string of the molecule is C=CCOC(=O)C(N1C(=O)[C@H]([C@@H](C)O)[C@H]1CC(=O)c1cccc(CN)c1)=P(c1ccccc1)(c1ccccc1)c1ccccc1. The van der Waals surface area contributed by atoms with Gasteiger partial charge in [-0.05, 0) is 34.5 Å². The van der Waals surface area contributed by atoms with E-state index in [1.54, 1.807) is 18.2 Å². The summed E-state index contributed by atoms with van der Waals surface area (Å²) in [7, 11) is 0. The molecule has 45 heavy (non-hydrogen) atoms. The van der Waals surface area contributed by atoms with Crippen molar-refractivity contribution in [2.24, 2.45) is 11.7 Å². The molecule has 1 aliphatic rings. The maximum absolute atomic E-state index is 14.5. The van der Waals surface area contributed by atoms with Crippen molar-refractivity contribution >= 4 is 45.9 Å². The summed E-state index contributed by atoms with van der Waals surface area (Å²) in [6, 6.07) is 35.2. The maximum Gasteiger partial charge on any atom is 0.356 e. The minimum Gasteiger partial charge on any atom is -0.457 e. The summed E-state index contributed by atoms with van der Waals surface area (Å²) in [4.78, 5) is 43.9. The zero-order valence-electron chi connectivity index (χ0n) is 25.2. The quantitative estimate of drug-likeness (QED) is 0.0821. The highest BCUT2D eigenvalue weighted by molar-refractivity contribution is 7.96. The highest BCUT2D eigenvalue weighted by Gasteiger charge is 2.55. The van der Waals surface area contributed by atoms with Crippen molar-refractivity contribution in [3.8, 4) is 0 Å². The Morgan fingerprint density at radius 1 is 0.911 bits per heavy atom. The summed E-state index contributed by atoms with van der Waals surface area (Å²) in [5.74, 6) is -2.23. The second-order valence-electron chi connectivity index (χ2n) is 11.0. The van der Waals surface area contributed by atoms with Gasteiger partial charge in [-0.3, -0.25) is 9.59 Å². The van der Waals surface area contributed by atoms with Gasteiger partial charge >= 0.3 is 5.97 Å². The third-order valence-electron chi connectivity index (χ3n) is 8.16. The van der Waals surface area contributed by atoms with Crippen LogP contribution in [0.1, 0.15) is 29.3 Å². The minimum absolute atomic E-state index is 0.0714. The molecular formula is C37H37N2O5P. The van der Waals surface area contributed by atoms with Crippen LogP contribution >= 0.6 is 6.89 Å². The normalized spacial score (nSPS) is 16.8. The van der Waals surface area contributed by atoms with Gasteiger partial charge in [-0.2, -0.15) is 0 Å². The highest BCUT2D eigenvalue weighted by Crippen LogP contribution is 2.50. The summed E-state index contributed by atoms with van der Waals surface area (Å²) < 4.78 is 5.77. The molecule has 1 amide bonds. The first kappa shape index (κ1) is 31.9. The molecule has 0 spiro atoms. The number of ketones is 1. The van der Waals surface area contributed by atoms with Crippen LogP contribution in [0, 0.1) is 5.92 Å².